The van der Waals surface area contributed by atoms with Crippen LogP contribution in [0.15, 0.2) is 109 Å². The van der Waals surface area contributed by atoms with Gasteiger partial charge in [-0.1, -0.05) is 103 Å². The van der Waals surface area contributed by atoms with Crippen LogP contribution in [-0.2, 0) is 25.8 Å². The van der Waals surface area contributed by atoms with Gasteiger partial charge in [0.1, 0.15) is 0 Å². The summed E-state index contributed by atoms with van der Waals surface area (Å²) in [5.41, 5.74) is 9.09. The number of nitrogens with zero attached hydrogens (tertiary/aromatic N) is 5. The summed E-state index contributed by atoms with van der Waals surface area (Å²) in [6, 6.07) is 40.5. The Labute approximate surface area is 289 Å². The number of aromatic nitrogens is 5. The van der Waals surface area contributed by atoms with E-state index in [2.05, 4.69) is 101 Å². The van der Waals surface area contributed by atoms with E-state index in [0.717, 1.165) is 71.3 Å². The Morgan fingerprint density at radius 2 is 1.17 bits per heavy atom. The van der Waals surface area contributed by atoms with E-state index in [0.29, 0.717) is 11.5 Å². The zero-order chi connectivity index (χ0) is 31.4. The van der Waals surface area contributed by atoms with Crippen LogP contribution in [0.4, 0.5) is 0 Å². The molecule has 0 bridgehead atoms. The maximum atomic E-state index is 6.56. The molecular weight excluding hydrogens is 685 g/mol. The van der Waals surface area contributed by atoms with Crippen LogP contribution in [0.2, 0.25) is 0 Å². The fourth-order valence-electron chi connectivity index (χ4n) is 7.27. The van der Waals surface area contributed by atoms with Gasteiger partial charge < -0.3 is 13.5 Å². The number of pyridine rings is 3. The molecule has 5 aromatic heterocycles. The van der Waals surface area contributed by atoms with Gasteiger partial charge in [0, 0.05) is 34.9 Å². The predicted octanol–water partition coefficient (Wildman–Crippen LogP) is 9.98. The number of imidazole rings is 2. The van der Waals surface area contributed by atoms with Crippen molar-refractivity contribution in [2.45, 2.75) is 26.2 Å². The van der Waals surface area contributed by atoms with E-state index in [1.54, 1.807) is 0 Å². The minimum absolute atomic E-state index is 0. The minimum atomic E-state index is -0.0611. The number of hydrogen-bond acceptors (Lipinski definition) is 4. The first-order chi connectivity index (χ1) is 22.9. The summed E-state index contributed by atoms with van der Waals surface area (Å²) < 4.78 is 11.0. The van der Waals surface area contributed by atoms with Crippen molar-refractivity contribution in [2.75, 3.05) is 0 Å². The quantitative estimate of drug-likeness (QED) is 0.102. The molecule has 0 atom stereocenters. The number of para-hydroxylation sites is 4. The van der Waals surface area contributed by atoms with Gasteiger partial charge in [0.15, 0.2) is 0 Å². The van der Waals surface area contributed by atoms with Crippen LogP contribution in [0.25, 0.3) is 76.7 Å². The van der Waals surface area contributed by atoms with Crippen molar-refractivity contribution in [3.63, 3.8) is 0 Å². The first-order valence-electron chi connectivity index (χ1n) is 15.8. The Kier molecular flexibility index (Phi) is 6.20. The second-order valence-electron chi connectivity index (χ2n) is 13.2. The van der Waals surface area contributed by atoms with E-state index < -0.39 is 0 Å². The molecule has 0 fully saturated rings. The van der Waals surface area contributed by atoms with Gasteiger partial charge in [0.05, 0.1) is 33.4 Å². The van der Waals surface area contributed by atoms with E-state index in [4.69, 9.17) is 14.7 Å². The molecule has 0 unspecified atom stereocenters. The topological polar surface area (TPSA) is 56.7 Å². The molecule has 0 N–H and O–H groups in total. The normalized spacial score (nSPS) is 12.3. The van der Waals surface area contributed by atoms with Gasteiger partial charge >= 0.3 is 20.4 Å². The molecule has 5 heterocycles. The van der Waals surface area contributed by atoms with Crippen LogP contribution in [0.5, 0.6) is 11.5 Å². The van der Waals surface area contributed by atoms with Crippen molar-refractivity contribution in [1.82, 2.24) is 23.8 Å². The molecular formula is C41H27N5OPd. The maximum absolute atomic E-state index is 6.56. The molecule has 10 rings (SSSR count). The van der Waals surface area contributed by atoms with Crippen molar-refractivity contribution in [2.24, 2.45) is 0 Å². The summed E-state index contributed by atoms with van der Waals surface area (Å²) in [5.74, 6) is 1.19. The number of ether oxygens (including phenoxy) is 1. The molecule has 0 aliphatic carbocycles. The van der Waals surface area contributed by atoms with Crippen LogP contribution in [0, 0.1) is 12.1 Å². The average Bonchev–Trinajstić information content (AvgIpc) is 3.68. The molecule has 232 valence electrons. The standard InChI is InChI=1S/C41H27N5O.Pd/c1-41(2,3)31-9-8-14-37-38(31)27-18-16-25(22-29(27)40-44-33-11-5-7-13-36(33)46(37)40)47-24-15-17-26-28(21-24)39-43-32-10-4-6-12-35(32)45(39)34-19-20-42-23-30(26)34;/h4-20,23H,1-3H3;/q-2;+2. The Morgan fingerprint density at radius 1 is 0.583 bits per heavy atom. The van der Waals surface area contributed by atoms with E-state index in [9.17, 15) is 0 Å². The molecule has 0 aliphatic heterocycles. The van der Waals surface area contributed by atoms with Gasteiger partial charge in [-0.2, -0.15) is 0 Å². The van der Waals surface area contributed by atoms with E-state index >= 15 is 0 Å². The fraction of sp³-hybridized carbons (Fsp3) is 0.0976. The van der Waals surface area contributed by atoms with Gasteiger partial charge in [-0.05, 0) is 58.1 Å². The van der Waals surface area contributed by atoms with Gasteiger partial charge in [0.25, 0.3) is 0 Å². The molecule has 48 heavy (non-hydrogen) atoms. The summed E-state index contributed by atoms with van der Waals surface area (Å²) >= 11 is 0. The summed E-state index contributed by atoms with van der Waals surface area (Å²) in [6.07, 6.45) is 3.74. The average molecular weight is 712 g/mol. The zero-order valence-corrected chi connectivity index (χ0v) is 27.9. The van der Waals surface area contributed by atoms with E-state index in [1.165, 1.54) is 10.9 Å². The van der Waals surface area contributed by atoms with Crippen molar-refractivity contribution < 1.29 is 25.2 Å². The summed E-state index contributed by atoms with van der Waals surface area (Å²) in [5, 5.41) is 6.17. The number of benzene rings is 5. The maximum Gasteiger partial charge on any atom is 2.00 e. The second kappa shape index (κ2) is 10.3. The van der Waals surface area contributed by atoms with Crippen molar-refractivity contribution in [3.05, 3.63) is 127 Å². The molecule has 10 aromatic rings. The molecule has 5 aromatic carbocycles. The molecule has 0 aliphatic rings. The monoisotopic (exact) mass is 711 g/mol. The molecule has 0 spiro atoms. The smallest absolute Gasteiger partial charge is 0.497 e. The summed E-state index contributed by atoms with van der Waals surface area (Å²) in [4.78, 5) is 14.6. The Morgan fingerprint density at radius 3 is 1.83 bits per heavy atom. The number of hydrogen-bond donors (Lipinski definition) is 0. The third-order valence-corrected chi connectivity index (χ3v) is 9.32. The van der Waals surface area contributed by atoms with Gasteiger partial charge in [0.2, 0.25) is 0 Å². The third kappa shape index (κ3) is 4.05. The first kappa shape index (κ1) is 28.8. The van der Waals surface area contributed by atoms with Crippen LogP contribution in [0.1, 0.15) is 26.3 Å². The predicted molar refractivity (Wildman–Crippen MR) is 190 cm³/mol. The summed E-state index contributed by atoms with van der Waals surface area (Å²) in [6.45, 7) is 6.79. The largest absolute Gasteiger partial charge is 2.00 e. The van der Waals surface area contributed by atoms with E-state index in [1.807, 2.05) is 54.9 Å². The van der Waals surface area contributed by atoms with Crippen molar-refractivity contribution >= 4 is 76.7 Å². The van der Waals surface area contributed by atoms with Crippen LogP contribution in [0.3, 0.4) is 0 Å². The molecule has 6 nitrogen and oxygen atoms in total. The fourth-order valence-corrected chi connectivity index (χ4v) is 7.27. The van der Waals surface area contributed by atoms with Gasteiger partial charge in [-0.3, -0.25) is 15.0 Å². The van der Waals surface area contributed by atoms with Gasteiger partial charge in [-0.15, -0.1) is 12.1 Å². The SMILES string of the molecule is CC(C)(C)c1cccc2c1c1ccc(Oc3[c-]c4c(cc3)c3cnccc3n3c5ccccc5nc43)[c-]c1c1nc3ccccc3n21.[Pd+2]. The second-order valence-corrected chi connectivity index (χ2v) is 13.2. The third-order valence-electron chi connectivity index (χ3n) is 9.32. The Bertz CT molecular complexity index is 2930. The van der Waals surface area contributed by atoms with Crippen LogP contribution < -0.4 is 4.74 Å². The Balaban J connectivity index is 0.00000314. The Hall–Kier alpha value is -5.35. The van der Waals surface area contributed by atoms with E-state index in [-0.39, 0.29) is 25.8 Å². The molecule has 0 amide bonds. The van der Waals surface area contributed by atoms with Crippen molar-refractivity contribution in [1.29, 1.82) is 0 Å². The molecule has 0 radical (unpaired) electrons. The first-order valence-corrected chi connectivity index (χ1v) is 15.8. The molecule has 0 saturated carbocycles. The van der Waals surface area contributed by atoms with Crippen molar-refractivity contribution in [3.8, 4) is 11.5 Å². The molecule has 7 heteroatoms. The zero-order valence-electron chi connectivity index (χ0n) is 26.4. The van der Waals surface area contributed by atoms with Gasteiger partial charge in [-0.25, -0.2) is 0 Å². The van der Waals surface area contributed by atoms with Crippen LogP contribution in [-0.4, -0.2) is 23.8 Å². The molecule has 0 saturated heterocycles. The number of rotatable bonds is 2. The van der Waals surface area contributed by atoms with Crippen LogP contribution >= 0.6 is 0 Å². The summed E-state index contributed by atoms with van der Waals surface area (Å²) in [7, 11) is 0. The number of fused-ring (bicyclic) bond motifs is 16. The minimum Gasteiger partial charge on any atom is -0.497 e.